The lowest BCUT2D eigenvalue weighted by atomic mass is 9.91. The highest BCUT2D eigenvalue weighted by atomic mass is 16.3. The van der Waals surface area contributed by atoms with Gasteiger partial charge < -0.3 is 11.3 Å². The second-order valence-corrected chi connectivity index (χ2v) is 4.45. The lowest BCUT2D eigenvalue weighted by molar-refractivity contribution is 0.465. The van der Waals surface area contributed by atoms with Crippen LogP contribution in [-0.2, 0) is 19.3 Å². The number of phenols is 1. The fourth-order valence-corrected chi connectivity index (χ4v) is 2.32. The van der Waals surface area contributed by atoms with Crippen molar-refractivity contribution in [3.63, 3.8) is 0 Å². The number of aryl methyl sites for hydroxylation is 1. The van der Waals surface area contributed by atoms with Crippen LogP contribution in [0.5, 0.6) is 5.75 Å². The molecule has 0 spiro atoms. The molecule has 0 aliphatic rings. The van der Waals surface area contributed by atoms with Crippen molar-refractivity contribution in [2.75, 3.05) is 0 Å². The lowest BCUT2D eigenvalue weighted by Gasteiger charge is -2.15. The van der Waals surface area contributed by atoms with Crippen LogP contribution in [0.2, 0.25) is 0 Å². The largest absolute Gasteiger partial charge is 0.508 e. The van der Waals surface area contributed by atoms with Gasteiger partial charge in [0.15, 0.2) is 0 Å². The van der Waals surface area contributed by atoms with Crippen LogP contribution in [0.1, 0.15) is 56.7 Å². The molecule has 0 aliphatic carbocycles. The SMILES string of the molecule is CCCc1ccc(O)c(CCC)c1CCC.N. The van der Waals surface area contributed by atoms with Crippen LogP contribution >= 0.6 is 0 Å². The van der Waals surface area contributed by atoms with E-state index >= 15 is 0 Å². The quantitative estimate of drug-likeness (QED) is 0.770. The van der Waals surface area contributed by atoms with Crippen LogP contribution in [0.25, 0.3) is 0 Å². The highest BCUT2D eigenvalue weighted by Gasteiger charge is 2.11. The Kier molecular flexibility index (Phi) is 7.64. The molecular formula is C15H27NO. The highest BCUT2D eigenvalue weighted by molar-refractivity contribution is 5.44. The Morgan fingerprint density at radius 1 is 0.824 bits per heavy atom. The number of aromatic hydroxyl groups is 1. The Balaban J connectivity index is 0.00000256. The number of hydrogen-bond acceptors (Lipinski definition) is 2. The fraction of sp³-hybridized carbons (Fsp3) is 0.600. The van der Waals surface area contributed by atoms with Crippen molar-refractivity contribution in [1.29, 1.82) is 0 Å². The van der Waals surface area contributed by atoms with Crippen LogP contribution in [0.3, 0.4) is 0 Å². The van der Waals surface area contributed by atoms with Gasteiger partial charge in [-0.3, -0.25) is 0 Å². The molecule has 1 rings (SSSR count). The van der Waals surface area contributed by atoms with Crippen LogP contribution in [0.15, 0.2) is 12.1 Å². The molecule has 1 aromatic carbocycles. The monoisotopic (exact) mass is 237 g/mol. The van der Waals surface area contributed by atoms with Crippen molar-refractivity contribution in [2.24, 2.45) is 0 Å². The predicted octanol–water partition coefficient (Wildman–Crippen LogP) is 4.41. The van der Waals surface area contributed by atoms with E-state index in [1.54, 1.807) is 0 Å². The average molecular weight is 237 g/mol. The first-order valence-electron chi connectivity index (χ1n) is 6.57. The summed E-state index contributed by atoms with van der Waals surface area (Å²) in [5, 5.41) is 9.94. The first-order chi connectivity index (χ1) is 7.74. The van der Waals surface area contributed by atoms with Gasteiger partial charge in [-0.2, -0.15) is 0 Å². The summed E-state index contributed by atoms with van der Waals surface area (Å²) in [5.74, 6) is 0.491. The second-order valence-electron chi connectivity index (χ2n) is 4.45. The Morgan fingerprint density at radius 3 is 1.88 bits per heavy atom. The zero-order valence-electron chi connectivity index (χ0n) is 11.6. The summed E-state index contributed by atoms with van der Waals surface area (Å²) in [7, 11) is 0. The van der Waals surface area contributed by atoms with Crippen molar-refractivity contribution < 1.29 is 5.11 Å². The van der Waals surface area contributed by atoms with E-state index in [1.165, 1.54) is 23.1 Å². The Hall–Kier alpha value is -1.02. The van der Waals surface area contributed by atoms with Gasteiger partial charge in [0.1, 0.15) is 5.75 Å². The van der Waals surface area contributed by atoms with Gasteiger partial charge in [0, 0.05) is 0 Å². The molecule has 0 saturated carbocycles. The van der Waals surface area contributed by atoms with Crippen LogP contribution in [-0.4, -0.2) is 5.11 Å². The third-order valence-corrected chi connectivity index (χ3v) is 3.02. The van der Waals surface area contributed by atoms with Gasteiger partial charge in [0.05, 0.1) is 0 Å². The third kappa shape index (κ3) is 4.04. The van der Waals surface area contributed by atoms with E-state index in [0.717, 1.165) is 32.1 Å². The maximum absolute atomic E-state index is 9.94. The number of rotatable bonds is 6. The van der Waals surface area contributed by atoms with Crippen molar-refractivity contribution in [2.45, 2.75) is 59.3 Å². The van der Waals surface area contributed by atoms with Crippen LogP contribution in [0.4, 0.5) is 0 Å². The topological polar surface area (TPSA) is 55.2 Å². The van der Waals surface area contributed by atoms with Crippen molar-refractivity contribution >= 4 is 0 Å². The standard InChI is InChI=1S/C15H24O.H3N/c1-4-7-12-10-11-15(16)14(9-6-3)13(12)8-5-2;/h10-11,16H,4-9H2,1-3H3;1H3. The smallest absolute Gasteiger partial charge is 0.119 e. The van der Waals surface area contributed by atoms with Gasteiger partial charge in [-0.25, -0.2) is 0 Å². The molecule has 17 heavy (non-hydrogen) atoms. The summed E-state index contributed by atoms with van der Waals surface area (Å²) in [6.07, 6.45) is 6.65. The minimum atomic E-state index is 0. The molecule has 0 bridgehead atoms. The van der Waals surface area contributed by atoms with E-state index in [4.69, 9.17) is 0 Å². The minimum Gasteiger partial charge on any atom is -0.508 e. The van der Waals surface area contributed by atoms with Gasteiger partial charge in [0.2, 0.25) is 0 Å². The molecule has 0 atom stereocenters. The van der Waals surface area contributed by atoms with Crippen molar-refractivity contribution in [3.8, 4) is 5.75 Å². The third-order valence-electron chi connectivity index (χ3n) is 3.02. The van der Waals surface area contributed by atoms with Crippen molar-refractivity contribution in [3.05, 3.63) is 28.8 Å². The summed E-state index contributed by atoms with van der Waals surface area (Å²) in [6, 6.07) is 3.97. The minimum absolute atomic E-state index is 0. The molecule has 2 nitrogen and oxygen atoms in total. The number of phenolic OH excluding ortho intramolecular Hbond substituents is 1. The fourth-order valence-electron chi connectivity index (χ4n) is 2.32. The van der Waals surface area contributed by atoms with Gasteiger partial charge in [0.25, 0.3) is 0 Å². The van der Waals surface area contributed by atoms with Crippen LogP contribution in [0, 0.1) is 0 Å². The molecule has 0 amide bonds. The van der Waals surface area contributed by atoms with Crippen molar-refractivity contribution in [1.82, 2.24) is 6.15 Å². The van der Waals surface area contributed by atoms with E-state index in [1.807, 2.05) is 6.07 Å². The van der Waals surface area contributed by atoms with Gasteiger partial charge in [-0.1, -0.05) is 46.1 Å². The molecule has 98 valence electrons. The first kappa shape index (κ1) is 16.0. The molecule has 0 aromatic heterocycles. The van der Waals surface area contributed by atoms with E-state index < -0.39 is 0 Å². The van der Waals surface area contributed by atoms with E-state index in [9.17, 15) is 5.11 Å². The molecule has 2 heteroatoms. The normalized spacial score (nSPS) is 10.1. The lowest BCUT2D eigenvalue weighted by Crippen LogP contribution is -2.01. The predicted molar refractivity (Wildman–Crippen MR) is 75.1 cm³/mol. The molecule has 4 N–H and O–H groups in total. The number of hydrogen-bond donors (Lipinski definition) is 2. The summed E-state index contributed by atoms with van der Waals surface area (Å²) >= 11 is 0. The van der Waals surface area contributed by atoms with E-state index in [0.29, 0.717) is 5.75 Å². The number of benzene rings is 1. The van der Waals surface area contributed by atoms with Gasteiger partial charge in [-0.05, 0) is 42.0 Å². The van der Waals surface area contributed by atoms with Gasteiger partial charge in [-0.15, -0.1) is 0 Å². The maximum atomic E-state index is 9.94. The zero-order valence-corrected chi connectivity index (χ0v) is 11.6. The average Bonchev–Trinajstić information content (AvgIpc) is 2.27. The molecular weight excluding hydrogens is 210 g/mol. The summed E-state index contributed by atoms with van der Waals surface area (Å²) in [5.41, 5.74) is 4.03. The molecule has 0 unspecified atom stereocenters. The second kappa shape index (κ2) is 8.13. The molecule has 0 heterocycles. The molecule has 0 saturated heterocycles. The molecule has 0 radical (unpaired) electrons. The first-order valence-corrected chi connectivity index (χ1v) is 6.57. The summed E-state index contributed by atoms with van der Waals surface area (Å²) in [4.78, 5) is 0. The van der Waals surface area contributed by atoms with Gasteiger partial charge >= 0.3 is 0 Å². The zero-order chi connectivity index (χ0) is 12.0. The van der Waals surface area contributed by atoms with Crippen LogP contribution < -0.4 is 6.15 Å². The molecule has 1 aromatic rings. The summed E-state index contributed by atoms with van der Waals surface area (Å²) < 4.78 is 0. The Labute approximate surface area is 106 Å². The van der Waals surface area contributed by atoms with E-state index in [2.05, 4.69) is 26.8 Å². The summed E-state index contributed by atoms with van der Waals surface area (Å²) in [6.45, 7) is 6.58. The van der Waals surface area contributed by atoms with E-state index in [-0.39, 0.29) is 6.15 Å². The Morgan fingerprint density at radius 2 is 1.35 bits per heavy atom. The molecule has 0 aliphatic heterocycles. The Bertz CT molecular complexity index is 334. The molecule has 0 fully saturated rings. The maximum Gasteiger partial charge on any atom is 0.119 e. The highest BCUT2D eigenvalue weighted by Crippen LogP contribution is 2.28.